The third kappa shape index (κ3) is 3.53. The molecule has 0 radical (unpaired) electrons. The zero-order valence-electron chi connectivity index (χ0n) is 10.4. The van der Waals surface area contributed by atoms with Crippen molar-refractivity contribution in [3.63, 3.8) is 0 Å². The number of aryl methyl sites for hydroxylation is 2. The highest BCUT2D eigenvalue weighted by molar-refractivity contribution is 7.80. The van der Waals surface area contributed by atoms with E-state index in [9.17, 15) is 0 Å². The lowest BCUT2D eigenvalue weighted by molar-refractivity contribution is 1.28. The van der Waals surface area contributed by atoms with Crippen LogP contribution in [-0.4, -0.2) is 10.1 Å². The van der Waals surface area contributed by atoms with Gasteiger partial charge in [-0.3, -0.25) is 0 Å². The molecule has 0 aliphatic rings. The van der Waals surface area contributed by atoms with E-state index in [4.69, 9.17) is 12.2 Å². The normalized spacial score (nSPS) is 9.89. The van der Waals surface area contributed by atoms with Gasteiger partial charge in [0, 0.05) is 11.9 Å². The molecular weight excluding hydrogens is 242 g/mol. The molecule has 92 valence electrons. The van der Waals surface area contributed by atoms with Crippen LogP contribution in [0.2, 0.25) is 0 Å². The van der Waals surface area contributed by atoms with Crippen molar-refractivity contribution in [2.24, 2.45) is 0 Å². The first-order chi connectivity index (χ1) is 8.63. The van der Waals surface area contributed by atoms with E-state index in [0.717, 1.165) is 17.1 Å². The fourth-order valence-corrected chi connectivity index (χ4v) is 1.74. The number of pyridine rings is 1. The van der Waals surface area contributed by atoms with Crippen LogP contribution >= 0.6 is 12.2 Å². The van der Waals surface area contributed by atoms with E-state index in [1.54, 1.807) is 6.20 Å². The highest BCUT2D eigenvalue weighted by atomic mass is 32.1. The molecule has 2 aromatic rings. The highest BCUT2D eigenvalue weighted by Gasteiger charge is 1.99. The van der Waals surface area contributed by atoms with Crippen molar-refractivity contribution in [2.45, 2.75) is 13.8 Å². The lowest BCUT2D eigenvalue weighted by atomic mass is 10.2. The molecule has 0 bridgehead atoms. The molecule has 1 aromatic carbocycles. The second kappa shape index (κ2) is 5.60. The molecule has 1 aromatic heterocycles. The van der Waals surface area contributed by atoms with Gasteiger partial charge in [0.2, 0.25) is 0 Å². The van der Waals surface area contributed by atoms with Crippen molar-refractivity contribution in [3.8, 4) is 0 Å². The summed E-state index contributed by atoms with van der Waals surface area (Å²) < 4.78 is 0. The first kappa shape index (κ1) is 12.5. The van der Waals surface area contributed by atoms with Crippen LogP contribution in [0.15, 0.2) is 42.6 Å². The van der Waals surface area contributed by atoms with Crippen LogP contribution in [0.4, 0.5) is 11.5 Å². The van der Waals surface area contributed by atoms with E-state index in [0.29, 0.717) is 5.11 Å². The van der Waals surface area contributed by atoms with Crippen LogP contribution in [0.25, 0.3) is 0 Å². The maximum atomic E-state index is 5.23. The molecule has 0 aliphatic heterocycles. The van der Waals surface area contributed by atoms with Gasteiger partial charge in [-0.2, -0.15) is 0 Å². The Bertz CT molecular complexity index is 549. The smallest absolute Gasteiger partial charge is 0.176 e. The molecule has 0 spiro atoms. The SMILES string of the molecule is Cc1ccc(NC(=S)Nc2cc(C)ccn2)cc1. The maximum Gasteiger partial charge on any atom is 0.176 e. The van der Waals surface area contributed by atoms with Gasteiger partial charge in [0.1, 0.15) is 5.82 Å². The van der Waals surface area contributed by atoms with E-state index in [1.807, 2.05) is 43.3 Å². The van der Waals surface area contributed by atoms with Gasteiger partial charge in [0.15, 0.2) is 5.11 Å². The summed E-state index contributed by atoms with van der Waals surface area (Å²) >= 11 is 5.23. The quantitative estimate of drug-likeness (QED) is 0.807. The Balaban J connectivity index is 1.98. The number of anilines is 2. The number of nitrogens with zero attached hydrogens (tertiary/aromatic N) is 1. The molecule has 0 atom stereocenters. The number of rotatable bonds is 2. The van der Waals surface area contributed by atoms with Crippen molar-refractivity contribution >= 4 is 28.8 Å². The minimum absolute atomic E-state index is 0.539. The summed E-state index contributed by atoms with van der Waals surface area (Å²) in [4.78, 5) is 4.20. The van der Waals surface area contributed by atoms with E-state index < -0.39 is 0 Å². The van der Waals surface area contributed by atoms with Crippen LogP contribution < -0.4 is 10.6 Å². The van der Waals surface area contributed by atoms with Gasteiger partial charge < -0.3 is 10.6 Å². The predicted molar refractivity (Wildman–Crippen MR) is 80.0 cm³/mol. The van der Waals surface area contributed by atoms with Crippen molar-refractivity contribution in [1.82, 2.24) is 4.98 Å². The van der Waals surface area contributed by atoms with Crippen molar-refractivity contribution in [1.29, 1.82) is 0 Å². The first-order valence-corrected chi connectivity index (χ1v) is 6.11. The molecule has 4 heteroatoms. The summed E-state index contributed by atoms with van der Waals surface area (Å²) in [5.41, 5.74) is 3.33. The van der Waals surface area contributed by atoms with Crippen LogP contribution in [0.5, 0.6) is 0 Å². The molecule has 3 nitrogen and oxygen atoms in total. The second-order valence-corrected chi connectivity index (χ2v) is 4.57. The number of hydrogen-bond acceptors (Lipinski definition) is 2. The lowest BCUT2D eigenvalue weighted by Crippen LogP contribution is -2.19. The molecular formula is C14H15N3S. The molecule has 2 rings (SSSR count). The maximum absolute atomic E-state index is 5.23. The number of nitrogens with one attached hydrogen (secondary N) is 2. The Kier molecular flexibility index (Phi) is 3.89. The average Bonchev–Trinajstić information content (AvgIpc) is 2.32. The van der Waals surface area contributed by atoms with Gasteiger partial charge in [-0.15, -0.1) is 0 Å². The average molecular weight is 257 g/mol. The molecule has 2 N–H and O–H groups in total. The Morgan fingerprint density at radius 3 is 2.39 bits per heavy atom. The van der Waals surface area contributed by atoms with Crippen molar-refractivity contribution in [2.75, 3.05) is 10.6 Å². The Hall–Kier alpha value is -1.94. The predicted octanol–water partition coefficient (Wildman–Crippen LogP) is 3.51. The largest absolute Gasteiger partial charge is 0.332 e. The van der Waals surface area contributed by atoms with Crippen molar-refractivity contribution in [3.05, 3.63) is 53.7 Å². The summed E-state index contributed by atoms with van der Waals surface area (Å²) in [7, 11) is 0. The van der Waals surface area contributed by atoms with E-state index in [2.05, 4.69) is 22.5 Å². The van der Waals surface area contributed by atoms with E-state index in [1.165, 1.54) is 5.56 Å². The molecule has 0 aliphatic carbocycles. The van der Waals surface area contributed by atoms with E-state index >= 15 is 0 Å². The Labute approximate surface area is 112 Å². The molecule has 0 unspecified atom stereocenters. The van der Waals surface area contributed by atoms with Crippen LogP contribution in [0.3, 0.4) is 0 Å². The Morgan fingerprint density at radius 2 is 1.72 bits per heavy atom. The third-order valence-electron chi connectivity index (χ3n) is 2.47. The number of hydrogen-bond donors (Lipinski definition) is 2. The van der Waals surface area contributed by atoms with Crippen LogP contribution in [0.1, 0.15) is 11.1 Å². The van der Waals surface area contributed by atoms with Gasteiger partial charge in [-0.25, -0.2) is 4.98 Å². The highest BCUT2D eigenvalue weighted by Crippen LogP contribution is 2.10. The number of aromatic nitrogens is 1. The third-order valence-corrected chi connectivity index (χ3v) is 2.67. The van der Waals surface area contributed by atoms with Gasteiger partial charge >= 0.3 is 0 Å². The lowest BCUT2D eigenvalue weighted by Gasteiger charge is -2.10. The second-order valence-electron chi connectivity index (χ2n) is 4.16. The number of benzene rings is 1. The molecule has 18 heavy (non-hydrogen) atoms. The minimum atomic E-state index is 0.539. The van der Waals surface area contributed by atoms with Gasteiger partial charge in [-0.1, -0.05) is 17.7 Å². The molecule has 1 heterocycles. The summed E-state index contributed by atoms with van der Waals surface area (Å²) in [5.74, 6) is 0.750. The molecule has 0 fully saturated rings. The molecule has 0 saturated heterocycles. The monoisotopic (exact) mass is 257 g/mol. The standard InChI is InChI=1S/C14H15N3S/c1-10-3-5-12(6-4-10)16-14(18)17-13-9-11(2)7-8-15-13/h3-9H,1-2H3,(H2,15,16,17,18). The van der Waals surface area contributed by atoms with Gasteiger partial charge in [0.05, 0.1) is 0 Å². The van der Waals surface area contributed by atoms with Crippen molar-refractivity contribution < 1.29 is 0 Å². The first-order valence-electron chi connectivity index (χ1n) is 5.71. The fourth-order valence-electron chi connectivity index (χ4n) is 1.52. The Morgan fingerprint density at radius 1 is 1.00 bits per heavy atom. The summed E-state index contributed by atoms with van der Waals surface area (Å²) in [5, 5.41) is 6.71. The zero-order chi connectivity index (χ0) is 13.0. The van der Waals surface area contributed by atoms with Gasteiger partial charge in [-0.05, 0) is 55.9 Å². The zero-order valence-corrected chi connectivity index (χ0v) is 11.2. The van der Waals surface area contributed by atoms with Gasteiger partial charge in [0.25, 0.3) is 0 Å². The summed E-state index contributed by atoms with van der Waals surface area (Å²) in [6, 6.07) is 12.0. The fraction of sp³-hybridized carbons (Fsp3) is 0.143. The van der Waals surface area contributed by atoms with Crippen LogP contribution in [0, 0.1) is 13.8 Å². The molecule has 0 amide bonds. The summed E-state index contributed by atoms with van der Waals surface area (Å²) in [6.07, 6.45) is 1.76. The number of thiocarbonyl (C=S) groups is 1. The van der Waals surface area contributed by atoms with E-state index in [-0.39, 0.29) is 0 Å². The summed E-state index contributed by atoms with van der Waals surface area (Å²) in [6.45, 7) is 4.07. The topological polar surface area (TPSA) is 37.0 Å². The minimum Gasteiger partial charge on any atom is -0.332 e. The van der Waals surface area contributed by atoms with Crippen LogP contribution in [-0.2, 0) is 0 Å². The molecule has 0 saturated carbocycles.